The van der Waals surface area contributed by atoms with Crippen molar-refractivity contribution in [1.82, 2.24) is 21.3 Å². The van der Waals surface area contributed by atoms with Gasteiger partial charge in [0, 0.05) is 26.1 Å². The molecule has 0 aromatic rings. The van der Waals surface area contributed by atoms with E-state index in [0.717, 1.165) is 0 Å². The Kier molecular flexibility index (Phi) is 27.8. The maximum atomic E-state index is 12.0. The quantitative estimate of drug-likeness (QED) is 0.154. The van der Waals surface area contributed by atoms with Gasteiger partial charge in [0.05, 0.1) is 26.4 Å². The molecule has 0 saturated carbocycles. The van der Waals surface area contributed by atoms with Crippen LogP contribution >= 0.6 is 0 Å². The van der Waals surface area contributed by atoms with Crippen LogP contribution in [0.25, 0.3) is 0 Å². The zero-order valence-electron chi connectivity index (χ0n) is 19.9. The van der Waals surface area contributed by atoms with Gasteiger partial charge in [-0.15, -0.1) is 0 Å². The molecule has 0 rings (SSSR count). The van der Waals surface area contributed by atoms with Gasteiger partial charge in [0.25, 0.3) is 0 Å². The summed E-state index contributed by atoms with van der Waals surface area (Å²) in [4.78, 5) is 45.7. The molecular weight excluding hydrogens is 406 g/mol. The monoisotopic (exact) mass is 449 g/mol. The lowest BCUT2D eigenvalue weighted by molar-refractivity contribution is -0.131. The third-order valence-electron chi connectivity index (χ3n) is 3.28. The van der Waals surface area contributed by atoms with Gasteiger partial charge in [-0.25, -0.2) is 0 Å². The van der Waals surface area contributed by atoms with E-state index in [1.807, 2.05) is 27.7 Å². The number of nitrogens with two attached hydrogens (primary N) is 1. The van der Waals surface area contributed by atoms with Crippen molar-refractivity contribution < 1.29 is 28.7 Å². The molecule has 11 nitrogen and oxygen atoms in total. The van der Waals surface area contributed by atoms with Gasteiger partial charge in [0.1, 0.15) is 12.1 Å². The second-order valence-electron chi connectivity index (χ2n) is 5.65. The minimum atomic E-state index is -0.794. The molecule has 2 atom stereocenters. The van der Waals surface area contributed by atoms with Gasteiger partial charge in [-0.05, 0) is 13.8 Å². The molecule has 0 aliphatic heterocycles. The predicted molar refractivity (Wildman–Crippen MR) is 120 cm³/mol. The summed E-state index contributed by atoms with van der Waals surface area (Å²) >= 11 is 0. The first-order chi connectivity index (χ1) is 14.9. The SMILES string of the molecule is CC.CC.CC(NC(=O)CCOCCOCCN)C(=O)NC(C)C(=O)NCCNC=O. The van der Waals surface area contributed by atoms with Crippen molar-refractivity contribution in [3.05, 3.63) is 0 Å². The molecule has 184 valence electrons. The molecule has 0 spiro atoms. The smallest absolute Gasteiger partial charge is 0.242 e. The van der Waals surface area contributed by atoms with E-state index in [1.165, 1.54) is 13.8 Å². The molecule has 0 bridgehead atoms. The van der Waals surface area contributed by atoms with Gasteiger partial charge in [-0.2, -0.15) is 0 Å². The van der Waals surface area contributed by atoms with E-state index in [4.69, 9.17) is 15.2 Å². The van der Waals surface area contributed by atoms with Gasteiger partial charge in [0.15, 0.2) is 0 Å². The molecule has 0 heterocycles. The lowest BCUT2D eigenvalue weighted by Crippen LogP contribution is -2.52. The van der Waals surface area contributed by atoms with Crippen LogP contribution < -0.4 is 27.0 Å². The van der Waals surface area contributed by atoms with E-state index in [-0.39, 0.29) is 31.4 Å². The molecule has 0 aliphatic rings. The molecule has 4 amide bonds. The largest absolute Gasteiger partial charge is 0.379 e. The molecule has 0 aromatic carbocycles. The first kappa shape index (κ1) is 33.4. The molecule has 0 aliphatic carbocycles. The Labute approximate surface area is 186 Å². The van der Waals surface area contributed by atoms with E-state index >= 15 is 0 Å². The number of amides is 4. The van der Waals surface area contributed by atoms with Crippen molar-refractivity contribution in [2.24, 2.45) is 5.73 Å². The minimum absolute atomic E-state index is 0.105. The zero-order valence-corrected chi connectivity index (χ0v) is 19.9. The Morgan fingerprint density at radius 3 is 1.94 bits per heavy atom. The van der Waals surface area contributed by atoms with Crippen LogP contribution in [-0.2, 0) is 28.7 Å². The summed E-state index contributed by atoms with van der Waals surface area (Å²) in [5.41, 5.74) is 5.27. The summed E-state index contributed by atoms with van der Waals surface area (Å²) in [6.45, 7) is 13.5. The summed E-state index contributed by atoms with van der Waals surface area (Å²) in [6, 6.07) is -1.57. The highest BCUT2D eigenvalue weighted by molar-refractivity contribution is 5.91. The zero-order chi connectivity index (χ0) is 24.5. The lowest BCUT2D eigenvalue weighted by atomic mass is 10.2. The second kappa shape index (κ2) is 25.8. The normalized spacial score (nSPS) is 11.3. The van der Waals surface area contributed by atoms with Crippen LogP contribution in [-0.4, -0.2) is 82.3 Å². The summed E-state index contributed by atoms with van der Waals surface area (Å²) in [5, 5.41) is 10.0. The highest BCUT2D eigenvalue weighted by atomic mass is 16.5. The average molecular weight is 450 g/mol. The lowest BCUT2D eigenvalue weighted by Gasteiger charge is -2.18. The predicted octanol–water partition coefficient (Wildman–Crippen LogP) is -0.708. The number of rotatable bonds is 16. The summed E-state index contributed by atoms with van der Waals surface area (Å²) in [6.07, 6.45) is 0.636. The van der Waals surface area contributed by atoms with Crippen molar-refractivity contribution in [1.29, 1.82) is 0 Å². The first-order valence-electron chi connectivity index (χ1n) is 10.8. The minimum Gasteiger partial charge on any atom is -0.379 e. The van der Waals surface area contributed by atoms with Gasteiger partial charge in [-0.1, -0.05) is 27.7 Å². The van der Waals surface area contributed by atoms with Gasteiger partial charge in [0.2, 0.25) is 24.1 Å². The molecule has 0 aromatic heterocycles. The van der Waals surface area contributed by atoms with Crippen LogP contribution in [0.3, 0.4) is 0 Å². The maximum absolute atomic E-state index is 12.0. The van der Waals surface area contributed by atoms with Crippen molar-refractivity contribution in [2.45, 2.75) is 60.0 Å². The highest BCUT2D eigenvalue weighted by Crippen LogP contribution is 1.91. The number of carbonyl (C=O) groups is 4. The van der Waals surface area contributed by atoms with Crippen LogP contribution in [0, 0.1) is 0 Å². The van der Waals surface area contributed by atoms with E-state index < -0.39 is 18.0 Å². The summed E-state index contributed by atoms with van der Waals surface area (Å²) < 4.78 is 10.4. The van der Waals surface area contributed by atoms with Crippen molar-refractivity contribution >= 4 is 24.1 Å². The number of nitrogens with one attached hydrogen (secondary N) is 4. The first-order valence-corrected chi connectivity index (χ1v) is 10.8. The molecule has 31 heavy (non-hydrogen) atoms. The fourth-order valence-electron chi connectivity index (χ4n) is 1.82. The second-order valence-corrected chi connectivity index (χ2v) is 5.65. The van der Waals surface area contributed by atoms with E-state index in [2.05, 4.69) is 21.3 Å². The molecule has 6 N–H and O–H groups in total. The Balaban J connectivity index is -0.00000184. The van der Waals surface area contributed by atoms with Gasteiger partial charge in [-0.3, -0.25) is 19.2 Å². The fraction of sp³-hybridized carbons (Fsp3) is 0.800. The Bertz CT molecular complexity index is 465. The van der Waals surface area contributed by atoms with Crippen LogP contribution in [0.2, 0.25) is 0 Å². The van der Waals surface area contributed by atoms with E-state index in [9.17, 15) is 19.2 Å². The molecule has 2 unspecified atom stereocenters. The third kappa shape index (κ3) is 22.3. The Morgan fingerprint density at radius 1 is 0.839 bits per heavy atom. The van der Waals surface area contributed by atoms with E-state index in [0.29, 0.717) is 39.3 Å². The third-order valence-corrected chi connectivity index (χ3v) is 3.28. The van der Waals surface area contributed by atoms with Gasteiger partial charge < -0.3 is 36.5 Å². The van der Waals surface area contributed by atoms with Crippen LogP contribution in [0.1, 0.15) is 48.0 Å². The number of hydrogen-bond acceptors (Lipinski definition) is 7. The summed E-state index contributed by atoms with van der Waals surface area (Å²) in [7, 11) is 0. The summed E-state index contributed by atoms with van der Waals surface area (Å²) in [5.74, 6) is -1.20. The van der Waals surface area contributed by atoms with E-state index in [1.54, 1.807) is 0 Å². The molecule has 0 radical (unpaired) electrons. The van der Waals surface area contributed by atoms with Crippen molar-refractivity contribution in [2.75, 3.05) is 46.1 Å². The number of ether oxygens (including phenoxy) is 2. The maximum Gasteiger partial charge on any atom is 0.242 e. The average Bonchev–Trinajstić information content (AvgIpc) is 2.78. The van der Waals surface area contributed by atoms with Crippen molar-refractivity contribution in [3.63, 3.8) is 0 Å². The molecule has 0 saturated heterocycles. The standard InChI is InChI=1S/C16H31N5O6.2C2H6/c1-12(15(24)19-6-5-18-11-22)21-16(25)13(2)20-14(23)3-7-26-9-10-27-8-4-17;2*1-2/h11-13H,3-10,17H2,1-2H3,(H,18,22)(H,19,24)(H,20,23)(H,21,25);2*1-2H3. The highest BCUT2D eigenvalue weighted by Gasteiger charge is 2.20. The topological polar surface area (TPSA) is 161 Å². The Morgan fingerprint density at radius 2 is 1.39 bits per heavy atom. The number of carbonyl (C=O) groups excluding carboxylic acids is 4. The van der Waals surface area contributed by atoms with Crippen LogP contribution in [0.15, 0.2) is 0 Å². The van der Waals surface area contributed by atoms with Crippen LogP contribution in [0.5, 0.6) is 0 Å². The van der Waals surface area contributed by atoms with Crippen LogP contribution in [0.4, 0.5) is 0 Å². The van der Waals surface area contributed by atoms with Crippen molar-refractivity contribution in [3.8, 4) is 0 Å². The molecular formula is C20H43N5O6. The molecule has 11 heteroatoms. The number of hydrogen-bond donors (Lipinski definition) is 5. The van der Waals surface area contributed by atoms with Gasteiger partial charge >= 0.3 is 0 Å². The Hall–Kier alpha value is -2.24. The fourth-order valence-corrected chi connectivity index (χ4v) is 1.82. The molecule has 0 fully saturated rings.